The van der Waals surface area contributed by atoms with Crippen LogP contribution in [0.5, 0.6) is 0 Å². The molecule has 0 aromatic heterocycles. The van der Waals surface area contributed by atoms with Gasteiger partial charge in [-0.3, -0.25) is 0 Å². The first-order valence-electron chi connectivity index (χ1n) is 6.01. The maximum atomic E-state index is 14.2. The van der Waals surface area contributed by atoms with Gasteiger partial charge in [-0.2, -0.15) is 0 Å². The molecule has 104 valence electrons. The lowest BCUT2D eigenvalue weighted by molar-refractivity contribution is -0.0241. The third-order valence-corrected chi connectivity index (χ3v) is 4.30. The summed E-state index contributed by atoms with van der Waals surface area (Å²) >= 11 is 1.29. The van der Waals surface area contributed by atoms with E-state index in [1.165, 1.54) is 16.7 Å². The number of piperidine rings is 1. The molecule has 4 nitrogen and oxygen atoms in total. The number of aliphatic hydroxyl groups is 1. The molecular weight excluding hydrogens is 269 g/mol. The third kappa shape index (κ3) is 2.69. The highest BCUT2D eigenvalue weighted by Crippen LogP contribution is 2.36. The number of hydrogen-bond acceptors (Lipinski definition) is 3. The van der Waals surface area contributed by atoms with Crippen LogP contribution >= 0.6 is 11.8 Å². The van der Waals surface area contributed by atoms with Crippen LogP contribution in [0.4, 0.5) is 9.18 Å². The molecule has 1 fully saturated rings. The molecule has 0 radical (unpaired) electrons. The summed E-state index contributed by atoms with van der Waals surface area (Å²) in [5.74, 6) is -0.402. The summed E-state index contributed by atoms with van der Waals surface area (Å²) in [5, 5.41) is 19.5. The smallest absolute Gasteiger partial charge is 0.407 e. The molecule has 0 aliphatic carbocycles. The quantitative estimate of drug-likeness (QED) is 0.820. The minimum atomic E-state index is -1.28. The molecule has 1 heterocycles. The molecule has 1 saturated heterocycles. The fourth-order valence-electron chi connectivity index (χ4n) is 2.37. The molecule has 2 N–H and O–H groups in total. The summed E-state index contributed by atoms with van der Waals surface area (Å²) in [7, 11) is 0. The second-order valence-corrected chi connectivity index (χ2v) is 5.47. The Morgan fingerprint density at radius 1 is 1.42 bits per heavy atom. The number of halogens is 1. The molecule has 6 heteroatoms. The Bertz CT molecular complexity index is 487. The van der Waals surface area contributed by atoms with Crippen LogP contribution in [0, 0.1) is 5.82 Å². The number of thioether (sulfide) groups is 1. The second kappa shape index (κ2) is 5.38. The predicted octanol–water partition coefficient (Wildman–Crippen LogP) is 2.51. The van der Waals surface area contributed by atoms with Crippen LogP contribution in [-0.2, 0) is 5.60 Å². The van der Waals surface area contributed by atoms with Crippen molar-refractivity contribution in [3.05, 3.63) is 29.6 Å². The maximum Gasteiger partial charge on any atom is 0.407 e. The number of rotatable bonds is 2. The van der Waals surface area contributed by atoms with Crippen LogP contribution in [0.1, 0.15) is 18.4 Å². The van der Waals surface area contributed by atoms with E-state index in [9.17, 15) is 14.3 Å². The van der Waals surface area contributed by atoms with Crippen molar-refractivity contribution in [2.24, 2.45) is 0 Å². The van der Waals surface area contributed by atoms with Gasteiger partial charge in [-0.05, 0) is 25.2 Å². The van der Waals surface area contributed by atoms with Gasteiger partial charge in [-0.15, -0.1) is 11.8 Å². The van der Waals surface area contributed by atoms with Crippen molar-refractivity contribution in [3.63, 3.8) is 0 Å². The molecular formula is C13H16FNO3S. The van der Waals surface area contributed by atoms with E-state index in [2.05, 4.69) is 0 Å². The zero-order valence-corrected chi connectivity index (χ0v) is 11.4. The molecule has 1 aromatic carbocycles. The fraction of sp³-hybridized carbons (Fsp3) is 0.462. The van der Waals surface area contributed by atoms with Gasteiger partial charge in [0.2, 0.25) is 0 Å². The second-order valence-electron chi connectivity index (χ2n) is 4.62. The first kappa shape index (κ1) is 14.1. The lowest BCUT2D eigenvalue weighted by Crippen LogP contribution is -2.45. The van der Waals surface area contributed by atoms with Crippen molar-refractivity contribution in [2.45, 2.75) is 23.3 Å². The summed E-state index contributed by atoms with van der Waals surface area (Å²) in [4.78, 5) is 12.6. The van der Waals surface area contributed by atoms with Crippen LogP contribution in [0.3, 0.4) is 0 Å². The molecule has 1 aliphatic heterocycles. The van der Waals surface area contributed by atoms with Crippen LogP contribution in [-0.4, -0.2) is 40.6 Å². The summed E-state index contributed by atoms with van der Waals surface area (Å²) in [6.07, 6.45) is 1.21. The zero-order chi connectivity index (χ0) is 14.0. The Kier molecular flexibility index (Phi) is 4.01. The van der Waals surface area contributed by atoms with Gasteiger partial charge in [0.05, 0.1) is 5.60 Å². The van der Waals surface area contributed by atoms with Gasteiger partial charge >= 0.3 is 6.09 Å². The fourth-order valence-corrected chi connectivity index (χ4v) is 2.87. The monoisotopic (exact) mass is 285 g/mol. The van der Waals surface area contributed by atoms with Crippen molar-refractivity contribution in [1.82, 2.24) is 4.90 Å². The van der Waals surface area contributed by atoms with Gasteiger partial charge < -0.3 is 15.1 Å². The molecule has 2 rings (SSSR count). The highest BCUT2D eigenvalue weighted by Gasteiger charge is 2.37. The van der Waals surface area contributed by atoms with Crippen molar-refractivity contribution in [3.8, 4) is 0 Å². The normalized spacial score (nSPS) is 18.4. The van der Waals surface area contributed by atoms with Crippen LogP contribution in [0.15, 0.2) is 23.1 Å². The number of carbonyl (C=O) groups is 1. The maximum absolute atomic E-state index is 14.2. The average Bonchev–Trinajstić information content (AvgIpc) is 2.39. The zero-order valence-electron chi connectivity index (χ0n) is 10.6. The lowest BCUT2D eigenvalue weighted by Gasteiger charge is -2.37. The average molecular weight is 285 g/mol. The van der Waals surface area contributed by atoms with Gasteiger partial charge in [0.1, 0.15) is 5.82 Å². The number of benzene rings is 1. The molecule has 19 heavy (non-hydrogen) atoms. The summed E-state index contributed by atoms with van der Waals surface area (Å²) in [5.41, 5.74) is -1.01. The van der Waals surface area contributed by atoms with E-state index in [1.807, 2.05) is 0 Å². The van der Waals surface area contributed by atoms with E-state index in [0.29, 0.717) is 4.90 Å². The summed E-state index contributed by atoms with van der Waals surface area (Å²) in [6, 6.07) is 4.95. The molecule has 0 saturated carbocycles. The van der Waals surface area contributed by atoms with Crippen molar-refractivity contribution in [1.29, 1.82) is 0 Å². The van der Waals surface area contributed by atoms with Gasteiger partial charge in [0, 0.05) is 23.5 Å². The Balaban J connectivity index is 2.25. The Morgan fingerprint density at radius 2 is 2.05 bits per heavy atom. The largest absolute Gasteiger partial charge is 0.465 e. The van der Waals surface area contributed by atoms with E-state index in [1.54, 1.807) is 24.5 Å². The molecule has 0 unspecified atom stereocenters. The topological polar surface area (TPSA) is 60.8 Å². The number of carboxylic acid groups (broad SMARTS) is 1. The van der Waals surface area contributed by atoms with E-state index >= 15 is 0 Å². The van der Waals surface area contributed by atoms with Crippen LogP contribution in [0.25, 0.3) is 0 Å². The third-order valence-electron chi connectivity index (χ3n) is 3.55. The molecule has 1 aliphatic rings. The first-order valence-corrected chi connectivity index (χ1v) is 7.23. The minimum Gasteiger partial charge on any atom is -0.465 e. The van der Waals surface area contributed by atoms with Crippen LogP contribution < -0.4 is 0 Å². The van der Waals surface area contributed by atoms with E-state index in [-0.39, 0.29) is 31.5 Å². The molecule has 1 amide bonds. The predicted molar refractivity (Wildman–Crippen MR) is 70.9 cm³/mol. The molecule has 1 aromatic rings. The van der Waals surface area contributed by atoms with Gasteiger partial charge in [0.15, 0.2) is 0 Å². The highest BCUT2D eigenvalue weighted by molar-refractivity contribution is 7.98. The number of nitrogens with zero attached hydrogens (tertiary/aromatic N) is 1. The number of hydrogen-bond donors (Lipinski definition) is 2. The number of likely N-dealkylation sites (tertiary alicyclic amines) is 1. The Morgan fingerprint density at radius 3 is 2.58 bits per heavy atom. The Labute approximate surface area is 115 Å². The lowest BCUT2D eigenvalue weighted by atomic mass is 9.84. The van der Waals surface area contributed by atoms with Crippen molar-refractivity contribution >= 4 is 17.9 Å². The Hall–Kier alpha value is -1.27. The van der Waals surface area contributed by atoms with Crippen LogP contribution in [0.2, 0.25) is 0 Å². The molecule has 0 spiro atoms. The summed E-state index contributed by atoms with van der Waals surface area (Å²) < 4.78 is 14.2. The van der Waals surface area contributed by atoms with Crippen molar-refractivity contribution < 1.29 is 19.4 Å². The molecule has 0 atom stereocenters. The van der Waals surface area contributed by atoms with Gasteiger partial charge in [0.25, 0.3) is 0 Å². The van der Waals surface area contributed by atoms with E-state index in [4.69, 9.17) is 5.11 Å². The first-order chi connectivity index (χ1) is 8.98. The summed E-state index contributed by atoms with van der Waals surface area (Å²) in [6.45, 7) is 0.434. The standard InChI is InChI=1S/C13H16FNO3S/c1-19-10-4-2-3-9(11(10)14)13(18)5-7-15(8-6-13)12(16)17/h2-4,18H,5-8H2,1H3,(H,16,17). The van der Waals surface area contributed by atoms with Crippen molar-refractivity contribution in [2.75, 3.05) is 19.3 Å². The van der Waals surface area contributed by atoms with E-state index < -0.39 is 17.5 Å². The SMILES string of the molecule is CSc1cccc(C2(O)CCN(C(=O)O)CC2)c1F. The molecule has 0 bridgehead atoms. The number of amides is 1. The van der Waals surface area contributed by atoms with E-state index in [0.717, 1.165) is 0 Å². The van der Waals surface area contributed by atoms with Gasteiger partial charge in [-0.1, -0.05) is 12.1 Å². The minimum absolute atomic E-state index is 0.216. The highest BCUT2D eigenvalue weighted by atomic mass is 32.2. The van der Waals surface area contributed by atoms with Gasteiger partial charge in [-0.25, -0.2) is 9.18 Å².